The SMILES string of the molecule is C[C@@H](NC(=O)Oc1nn(-c2ccc(Cl)cc2Cl)c2c1CSC/C2=C\c1ccc(F)cc1)c1ccccn1. The third kappa shape index (κ3) is 5.66. The normalized spacial score (nSPS) is 14.8. The molecule has 0 saturated heterocycles. The highest BCUT2D eigenvalue weighted by Gasteiger charge is 2.29. The van der Waals surface area contributed by atoms with E-state index in [1.165, 1.54) is 12.1 Å². The number of carbonyl (C=O) groups excluding carboxylic acids is 1. The zero-order valence-corrected chi connectivity index (χ0v) is 21.9. The molecule has 0 aliphatic carbocycles. The first-order chi connectivity index (χ1) is 17.9. The molecule has 6 nitrogen and oxygen atoms in total. The van der Waals surface area contributed by atoms with Crippen LogP contribution in [0.3, 0.4) is 0 Å². The molecule has 188 valence electrons. The number of halogens is 3. The van der Waals surface area contributed by atoms with Crippen molar-refractivity contribution < 1.29 is 13.9 Å². The van der Waals surface area contributed by atoms with Gasteiger partial charge in [0, 0.05) is 22.7 Å². The van der Waals surface area contributed by atoms with E-state index in [2.05, 4.69) is 15.4 Å². The van der Waals surface area contributed by atoms with Gasteiger partial charge < -0.3 is 10.1 Å². The minimum Gasteiger partial charge on any atom is -0.389 e. The second-order valence-corrected chi connectivity index (χ2v) is 10.2. The Morgan fingerprint density at radius 1 is 1.16 bits per heavy atom. The van der Waals surface area contributed by atoms with Crippen LogP contribution in [0.1, 0.15) is 35.5 Å². The zero-order chi connectivity index (χ0) is 25.9. The van der Waals surface area contributed by atoms with Gasteiger partial charge in [-0.3, -0.25) is 4.98 Å². The second-order valence-electron chi connectivity index (χ2n) is 8.36. The summed E-state index contributed by atoms with van der Waals surface area (Å²) in [7, 11) is 0. The van der Waals surface area contributed by atoms with Crippen molar-refractivity contribution >= 4 is 52.7 Å². The molecule has 10 heteroatoms. The number of amides is 1. The van der Waals surface area contributed by atoms with Crippen LogP contribution in [-0.4, -0.2) is 26.6 Å². The molecule has 1 amide bonds. The fraction of sp³-hybridized carbons (Fsp3) is 0.148. The van der Waals surface area contributed by atoms with Crippen LogP contribution >= 0.6 is 35.0 Å². The van der Waals surface area contributed by atoms with Crippen molar-refractivity contribution in [3.05, 3.63) is 105 Å². The van der Waals surface area contributed by atoms with Crippen molar-refractivity contribution in [3.63, 3.8) is 0 Å². The fourth-order valence-electron chi connectivity index (χ4n) is 4.00. The Morgan fingerprint density at radius 2 is 1.97 bits per heavy atom. The molecule has 1 N–H and O–H groups in total. The topological polar surface area (TPSA) is 69.0 Å². The van der Waals surface area contributed by atoms with Gasteiger partial charge in [0.05, 0.1) is 33.7 Å². The quantitative estimate of drug-likeness (QED) is 0.279. The van der Waals surface area contributed by atoms with Crippen molar-refractivity contribution in [1.82, 2.24) is 20.1 Å². The number of pyridine rings is 1. The summed E-state index contributed by atoms with van der Waals surface area (Å²) < 4.78 is 20.9. The molecular formula is C27H21Cl2FN4O2S. The van der Waals surface area contributed by atoms with Crippen LogP contribution in [-0.2, 0) is 5.75 Å². The average molecular weight is 555 g/mol. The summed E-state index contributed by atoms with van der Waals surface area (Å²) in [6.07, 6.45) is 2.99. The van der Waals surface area contributed by atoms with Crippen molar-refractivity contribution in [1.29, 1.82) is 0 Å². The summed E-state index contributed by atoms with van der Waals surface area (Å²) in [6, 6.07) is 16.5. The maximum atomic E-state index is 13.5. The van der Waals surface area contributed by atoms with E-state index in [0.29, 0.717) is 32.9 Å². The highest BCUT2D eigenvalue weighted by molar-refractivity contribution is 7.99. The van der Waals surface area contributed by atoms with E-state index in [4.69, 9.17) is 27.9 Å². The predicted octanol–water partition coefficient (Wildman–Crippen LogP) is 7.35. The molecule has 1 atom stereocenters. The standard InChI is InChI=1S/C27H21Cl2FN4O2S/c1-16(23-4-2-3-11-31-23)32-27(35)36-26-21-15-37-14-18(12-17-5-8-20(30)9-6-17)25(21)34(33-26)24-10-7-19(28)13-22(24)29/h2-13,16H,14-15H2,1H3,(H,32,35)/b18-12+/t16-/m1/s1. The Labute approximate surface area is 227 Å². The number of fused-ring (bicyclic) bond motifs is 1. The molecule has 2 aromatic carbocycles. The highest BCUT2D eigenvalue weighted by Crippen LogP contribution is 2.41. The maximum absolute atomic E-state index is 13.5. The molecule has 1 aliphatic rings. The van der Waals surface area contributed by atoms with Gasteiger partial charge in [-0.25, -0.2) is 13.9 Å². The Bertz CT molecular complexity index is 1480. The number of thioether (sulfide) groups is 1. The Kier molecular flexibility index (Phi) is 7.50. The van der Waals surface area contributed by atoms with E-state index in [1.807, 2.05) is 31.2 Å². The Balaban J connectivity index is 1.54. The average Bonchev–Trinajstić information content (AvgIpc) is 3.24. The molecule has 0 fully saturated rings. The van der Waals surface area contributed by atoms with E-state index in [9.17, 15) is 9.18 Å². The second kappa shape index (κ2) is 11.0. The van der Waals surface area contributed by atoms with Crippen LogP contribution in [0.2, 0.25) is 10.0 Å². The minimum atomic E-state index is -0.646. The molecule has 2 aromatic heterocycles. The molecular weight excluding hydrogens is 534 g/mol. The molecule has 0 radical (unpaired) electrons. The van der Waals surface area contributed by atoms with Crippen LogP contribution in [0.15, 0.2) is 66.9 Å². The van der Waals surface area contributed by atoms with Crippen molar-refractivity contribution in [2.75, 3.05) is 5.75 Å². The summed E-state index contributed by atoms with van der Waals surface area (Å²) >= 11 is 14.3. The number of rotatable bonds is 5. The molecule has 4 aromatic rings. The van der Waals surface area contributed by atoms with E-state index < -0.39 is 6.09 Å². The van der Waals surface area contributed by atoms with Crippen molar-refractivity contribution in [3.8, 4) is 11.6 Å². The number of nitrogens with one attached hydrogen (secondary N) is 1. The van der Waals surface area contributed by atoms with E-state index in [0.717, 1.165) is 22.4 Å². The highest BCUT2D eigenvalue weighted by atomic mass is 35.5. The van der Waals surface area contributed by atoms with Crippen LogP contribution in [0.25, 0.3) is 17.3 Å². The molecule has 1 aliphatic heterocycles. The molecule has 3 heterocycles. The molecule has 0 unspecified atom stereocenters. The third-order valence-electron chi connectivity index (χ3n) is 5.76. The predicted molar refractivity (Wildman–Crippen MR) is 146 cm³/mol. The van der Waals surface area contributed by atoms with Gasteiger partial charge in [0.1, 0.15) is 5.82 Å². The van der Waals surface area contributed by atoms with Gasteiger partial charge in [-0.1, -0.05) is 41.4 Å². The summed E-state index contributed by atoms with van der Waals surface area (Å²) in [4.78, 5) is 17.1. The molecule has 0 spiro atoms. The smallest absolute Gasteiger partial charge is 0.389 e. The first-order valence-electron chi connectivity index (χ1n) is 11.4. The number of hydrogen-bond acceptors (Lipinski definition) is 5. The summed E-state index contributed by atoms with van der Waals surface area (Å²) in [6.45, 7) is 1.82. The van der Waals surface area contributed by atoms with Gasteiger partial charge in [0.2, 0.25) is 5.88 Å². The number of hydrogen-bond donors (Lipinski definition) is 1. The number of carbonyl (C=O) groups is 1. The number of nitrogens with zero attached hydrogens (tertiary/aromatic N) is 3. The molecule has 0 bridgehead atoms. The summed E-state index contributed by atoms with van der Waals surface area (Å²) in [5, 5.41) is 8.35. The fourth-order valence-corrected chi connectivity index (χ4v) is 5.50. The van der Waals surface area contributed by atoms with Crippen LogP contribution in [0.5, 0.6) is 5.88 Å². The van der Waals surface area contributed by atoms with Crippen molar-refractivity contribution in [2.24, 2.45) is 0 Å². The lowest BCUT2D eigenvalue weighted by Gasteiger charge is -2.18. The molecule has 37 heavy (non-hydrogen) atoms. The molecule has 0 saturated carbocycles. The summed E-state index contributed by atoms with van der Waals surface area (Å²) in [5.74, 6) is 1.15. The van der Waals surface area contributed by atoms with E-state index in [-0.39, 0.29) is 17.7 Å². The lowest BCUT2D eigenvalue weighted by atomic mass is 10.1. The van der Waals surface area contributed by atoms with E-state index in [1.54, 1.807) is 53.0 Å². The number of benzene rings is 2. The van der Waals surface area contributed by atoms with Crippen LogP contribution < -0.4 is 10.1 Å². The Morgan fingerprint density at radius 3 is 2.70 bits per heavy atom. The Hall–Kier alpha value is -3.33. The van der Waals surface area contributed by atoms with E-state index >= 15 is 0 Å². The largest absolute Gasteiger partial charge is 0.414 e. The van der Waals surface area contributed by atoms with Gasteiger partial charge in [-0.15, -0.1) is 5.10 Å². The van der Waals surface area contributed by atoms with Crippen molar-refractivity contribution in [2.45, 2.75) is 18.7 Å². The third-order valence-corrected chi connectivity index (χ3v) is 7.30. The minimum absolute atomic E-state index is 0.184. The van der Waals surface area contributed by atoms with Crippen LogP contribution in [0.4, 0.5) is 9.18 Å². The lowest BCUT2D eigenvalue weighted by molar-refractivity contribution is 0.194. The number of ether oxygens (including phenoxy) is 1. The monoisotopic (exact) mass is 554 g/mol. The number of aromatic nitrogens is 3. The zero-order valence-electron chi connectivity index (χ0n) is 19.6. The lowest BCUT2D eigenvalue weighted by Crippen LogP contribution is -2.30. The van der Waals surface area contributed by atoms with Crippen LogP contribution in [0, 0.1) is 5.82 Å². The maximum Gasteiger partial charge on any atom is 0.414 e. The first kappa shape index (κ1) is 25.3. The van der Waals surface area contributed by atoms with Gasteiger partial charge in [-0.2, -0.15) is 11.8 Å². The van der Waals surface area contributed by atoms with Gasteiger partial charge in [-0.05, 0) is 66.6 Å². The van der Waals surface area contributed by atoms with Gasteiger partial charge in [0.15, 0.2) is 0 Å². The van der Waals surface area contributed by atoms with Gasteiger partial charge in [0.25, 0.3) is 0 Å². The summed E-state index contributed by atoms with van der Waals surface area (Å²) in [5.41, 5.74) is 4.61. The van der Waals surface area contributed by atoms with Gasteiger partial charge >= 0.3 is 6.09 Å². The molecule has 5 rings (SSSR count). The first-order valence-corrected chi connectivity index (χ1v) is 13.3.